The predicted molar refractivity (Wildman–Crippen MR) is 141 cm³/mol. The first-order valence-electron chi connectivity index (χ1n) is 14.4. The summed E-state index contributed by atoms with van der Waals surface area (Å²) in [6, 6.07) is 8.19. The molecule has 37 heavy (non-hydrogen) atoms. The van der Waals surface area contributed by atoms with E-state index in [2.05, 4.69) is 13.8 Å². The third-order valence-corrected chi connectivity index (χ3v) is 8.67. The van der Waals surface area contributed by atoms with Gasteiger partial charge in [0.2, 0.25) is 0 Å². The van der Waals surface area contributed by atoms with Crippen LogP contribution >= 0.6 is 0 Å². The molecular formula is C32H41F3O2. The van der Waals surface area contributed by atoms with Crippen molar-refractivity contribution in [3.8, 4) is 5.75 Å². The lowest BCUT2D eigenvalue weighted by atomic mass is 9.75. The van der Waals surface area contributed by atoms with Gasteiger partial charge >= 0.3 is 5.97 Å². The third-order valence-electron chi connectivity index (χ3n) is 8.67. The molecule has 4 rings (SSSR count). The topological polar surface area (TPSA) is 26.3 Å². The lowest BCUT2D eigenvalue weighted by molar-refractivity contribution is -0.140. The molecule has 2 aromatic rings. The van der Waals surface area contributed by atoms with Crippen molar-refractivity contribution in [3.63, 3.8) is 0 Å². The third kappa shape index (κ3) is 6.78. The van der Waals surface area contributed by atoms with Gasteiger partial charge in [-0.15, -0.1) is 0 Å². The molecule has 2 aliphatic carbocycles. The van der Waals surface area contributed by atoms with Crippen LogP contribution in [0.2, 0.25) is 0 Å². The number of ether oxygens (including phenoxy) is 1. The van der Waals surface area contributed by atoms with Crippen LogP contribution in [0.1, 0.15) is 119 Å². The molecule has 2 nitrogen and oxygen atoms in total. The van der Waals surface area contributed by atoms with Gasteiger partial charge in [-0.3, -0.25) is 4.79 Å². The van der Waals surface area contributed by atoms with Crippen LogP contribution in [0, 0.1) is 29.3 Å². The Morgan fingerprint density at radius 2 is 1.41 bits per heavy atom. The first-order chi connectivity index (χ1) is 17.9. The Balaban J connectivity index is 1.32. The molecule has 0 atom stereocenters. The number of carbonyl (C=O) groups is 1. The molecule has 0 aliphatic heterocycles. The number of esters is 1. The van der Waals surface area contributed by atoms with E-state index in [1.165, 1.54) is 18.9 Å². The molecule has 2 aromatic carbocycles. The van der Waals surface area contributed by atoms with Crippen molar-refractivity contribution < 1.29 is 22.7 Å². The van der Waals surface area contributed by atoms with Gasteiger partial charge < -0.3 is 4.74 Å². The van der Waals surface area contributed by atoms with Crippen LogP contribution in [0.25, 0.3) is 0 Å². The summed E-state index contributed by atoms with van der Waals surface area (Å²) in [5.74, 6) is -1.49. The molecule has 2 fully saturated rings. The lowest BCUT2D eigenvalue weighted by Crippen LogP contribution is -2.25. The Hall–Kier alpha value is -2.30. The second kappa shape index (κ2) is 13.0. The summed E-state index contributed by atoms with van der Waals surface area (Å²) >= 11 is 0. The van der Waals surface area contributed by atoms with E-state index in [9.17, 15) is 9.18 Å². The molecule has 2 saturated carbocycles. The number of benzene rings is 2. The van der Waals surface area contributed by atoms with E-state index in [1.54, 1.807) is 24.3 Å². The van der Waals surface area contributed by atoms with Crippen LogP contribution in [0.3, 0.4) is 0 Å². The summed E-state index contributed by atoms with van der Waals surface area (Å²) in [7, 11) is 0. The van der Waals surface area contributed by atoms with Crippen molar-refractivity contribution >= 4 is 5.97 Å². The quantitative estimate of drug-likeness (QED) is 0.246. The SMILES string of the molecule is CCCCc1ccc(OC(=O)C2CCC(c3ccc(C4CCC(CCC)CC4)c(F)c3F)CC2)cc1F. The highest BCUT2D eigenvalue weighted by molar-refractivity contribution is 5.75. The van der Waals surface area contributed by atoms with E-state index in [0.717, 1.165) is 44.4 Å². The van der Waals surface area contributed by atoms with Gasteiger partial charge in [0, 0.05) is 6.07 Å². The van der Waals surface area contributed by atoms with E-state index in [1.807, 2.05) is 0 Å². The van der Waals surface area contributed by atoms with Gasteiger partial charge in [-0.25, -0.2) is 13.2 Å². The van der Waals surface area contributed by atoms with E-state index in [-0.39, 0.29) is 35.3 Å². The molecule has 0 amide bonds. The highest BCUT2D eigenvalue weighted by atomic mass is 19.2. The highest BCUT2D eigenvalue weighted by Crippen LogP contribution is 2.42. The average Bonchev–Trinajstić information content (AvgIpc) is 2.91. The van der Waals surface area contributed by atoms with Gasteiger partial charge in [-0.05, 0) is 105 Å². The molecule has 202 valence electrons. The monoisotopic (exact) mass is 514 g/mol. The summed E-state index contributed by atoms with van der Waals surface area (Å²) in [6.07, 6.45) is 11.3. The molecule has 5 heteroatoms. The molecule has 0 unspecified atom stereocenters. The fraction of sp³-hybridized carbons (Fsp3) is 0.594. The van der Waals surface area contributed by atoms with Crippen LogP contribution in [0.15, 0.2) is 30.3 Å². The molecule has 0 radical (unpaired) electrons. The summed E-state index contributed by atoms with van der Waals surface area (Å²) in [5, 5.41) is 0. The lowest BCUT2D eigenvalue weighted by Gasteiger charge is -2.30. The van der Waals surface area contributed by atoms with Crippen molar-refractivity contribution in [3.05, 3.63) is 64.5 Å². The van der Waals surface area contributed by atoms with E-state index < -0.39 is 11.6 Å². The Morgan fingerprint density at radius 3 is 1.95 bits per heavy atom. The number of rotatable bonds is 9. The van der Waals surface area contributed by atoms with E-state index in [0.29, 0.717) is 48.8 Å². The number of hydrogen-bond acceptors (Lipinski definition) is 2. The minimum Gasteiger partial charge on any atom is -0.426 e. The van der Waals surface area contributed by atoms with Gasteiger partial charge in [0.25, 0.3) is 0 Å². The smallest absolute Gasteiger partial charge is 0.314 e. The largest absolute Gasteiger partial charge is 0.426 e. The zero-order valence-corrected chi connectivity index (χ0v) is 22.3. The fourth-order valence-electron chi connectivity index (χ4n) is 6.38. The van der Waals surface area contributed by atoms with Crippen molar-refractivity contribution in [1.82, 2.24) is 0 Å². The number of carbonyl (C=O) groups excluding carboxylic acids is 1. The first kappa shape index (κ1) is 27.7. The van der Waals surface area contributed by atoms with Gasteiger partial charge in [0.1, 0.15) is 11.6 Å². The molecule has 0 saturated heterocycles. The second-order valence-corrected chi connectivity index (χ2v) is 11.2. The van der Waals surface area contributed by atoms with E-state index >= 15 is 8.78 Å². The maximum Gasteiger partial charge on any atom is 0.314 e. The summed E-state index contributed by atoms with van der Waals surface area (Å²) in [5.41, 5.74) is 1.59. The Morgan fingerprint density at radius 1 is 0.811 bits per heavy atom. The molecule has 0 bridgehead atoms. The van der Waals surface area contributed by atoms with Crippen molar-refractivity contribution in [2.45, 2.75) is 109 Å². The maximum atomic E-state index is 15.2. The molecule has 2 aliphatic rings. The van der Waals surface area contributed by atoms with Crippen LogP contribution < -0.4 is 4.74 Å². The van der Waals surface area contributed by atoms with Crippen LogP contribution in [0.4, 0.5) is 13.2 Å². The first-order valence-corrected chi connectivity index (χ1v) is 14.4. The predicted octanol–water partition coefficient (Wildman–Crippen LogP) is 9.40. The van der Waals surface area contributed by atoms with Gasteiger partial charge in [-0.2, -0.15) is 0 Å². The minimum atomic E-state index is -0.710. The summed E-state index contributed by atoms with van der Waals surface area (Å²) in [4.78, 5) is 12.7. The van der Waals surface area contributed by atoms with Crippen LogP contribution in [0.5, 0.6) is 5.75 Å². The zero-order valence-electron chi connectivity index (χ0n) is 22.3. The Kier molecular flexibility index (Phi) is 9.72. The summed E-state index contributed by atoms with van der Waals surface area (Å²) in [6.45, 7) is 4.26. The summed E-state index contributed by atoms with van der Waals surface area (Å²) < 4.78 is 50.1. The zero-order chi connectivity index (χ0) is 26.4. The maximum absolute atomic E-state index is 15.2. The number of unbranched alkanes of at least 4 members (excludes halogenated alkanes) is 1. The van der Waals surface area contributed by atoms with Crippen molar-refractivity contribution in [2.75, 3.05) is 0 Å². The standard InChI is InChI=1S/C32H41F3O2/c1-3-5-7-24-16-17-26(20-29(24)33)37-32(36)25-14-12-23(13-15-25)28-19-18-27(30(34)31(28)35)22-10-8-21(6-4-2)9-11-22/h16-23,25H,3-15H2,1-2H3. The van der Waals surface area contributed by atoms with E-state index in [4.69, 9.17) is 4.74 Å². The van der Waals surface area contributed by atoms with Crippen LogP contribution in [-0.2, 0) is 11.2 Å². The fourth-order valence-corrected chi connectivity index (χ4v) is 6.38. The normalized spacial score (nSPS) is 24.1. The van der Waals surface area contributed by atoms with Crippen molar-refractivity contribution in [1.29, 1.82) is 0 Å². The molecular weight excluding hydrogens is 473 g/mol. The Bertz CT molecular complexity index is 1050. The Labute approximate surface area is 220 Å². The second-order valence-electron chi connectivity index (χ2n) is 11.2. The van der Waals surface area contributed by atoms with Gasteiger partial charge in [-0.1, -0.05) is 51.3 Å². The minimum absolute atomic E-state index is 0.104. The average molecular weight is 515 g/mol. The highest BCUT2D eigenvalue weighted by Gasteiger charge is 2.32. The molecule has 0 aromatic heterocycles. The molecule has 0 N–H and O–H groups in total. The van der Waals surface area contributed by atoms with Gasteiger partial charge in [0.05, 0.1) is 5.92 Å². The number of halogens is 3. The van der Waals surface area contributed by atoms with Crippen LogP contribution in [-0.4, -0.2) is 5.97 Å². The number of hydrogen-bond donors (Lipinski definition) is 0. The molecule has 0 heterocycles. The number of aryl methyl sites for hydroxylation is 1. The molecule has 0 spiro atoms. The van der Waals surface area contributed by atoms with Gasteiger partial charge in [0.15, 0.2) is 11.6 Å². The van der Waals surface area contributed by atoms with Crippen molar-refractivity contribution in [2.24, 2.45) is 11.8 Å².